The molecule has 3 unspecified atom stereocenters. The highest BCUT2D eigenvalue weighted by Gasteiger charge is 2.30. The van der Waals surface area contributed by atoms with Gasteiger partial charge >= 0.3 is 5.97 Å². The summed E-state index contributed by atoms with van der Waals surface area (Å²) in [6.45, 7) is 5.99. The number of carbonyl (C=O) groups is 4. The standard InChI is InChI=1S/C16H30N4O6/c1-8(2)5-11(19-14(24)10(17)7-21)15(25)20-13(9(3)4)16(26)18-6-12(22)23/h8-11,13,21H,5-7,17H2,1-4H3,(H,18,26)(H,19,24)(H,20,25)(H,22,23). The third kappa shape index (κ3) is 8.77. The van der Waals surface area contributed by atoms with E-state index < -0.39 is 55.0 Å². The van der Waals surface area contributed by atoms with Crippen LogP contribution in [0.4, 0.5) is 0 Å². The molecule has 0 spiro atoms. The minimum absolute atomic E-state index is 0.0646. The molecular formula is C16H30N4O6. The van der Waals surface area contributed by atoms with Crippen molar-refractivity contribution in [1.29, 1.82) is 0 Å². The van der Waals surface area contributed by atoms with Crippen LogP contribution in [0.25, 0.3) is 0 Å². The Morgan fingerprint density at radius 3 is 1.96 bits per heavy atom. The van der Waals surface area contributed by atoms with E-state index in [1.807, 2.05) is 13.8 Å². The molecule has 26 heavy (non-hydrogen) atoms. The van der Waals surface area contributed by atoms with Crippen LogP contribution in [0.5, 0.6) is 0 Å². The summed E-state index contributed by atoms with van der Waals surface area (Å²) in [7, 11) is 0. The highest BCUT2D eigenvalue weighted by Crippen LogP contribution is 2.08. The van der Waals surface area contributed by atoms with Gasteiger partial charge in [-0.15, -0.1) is 0 Å². The molecule has 10 heteroatoms. The van der Waals surface area contributed by atoms with E-state index in [1.165, 1.54) is 0 Å². The average Bonchev–Trinajstić information content (AvgIpc) is 2.54. The Balaban J connectivity index is 5.12. The normalized spacial score (nSPS) is 14.5. The van der Waals surface area contributed by atoms with Crippen molar-refractivity contribution >= 4 is 23.7 Å². The van der Waals surface area contributed by atoms with Crippen molar-refractivity contribution in [3.63, 3.8) is 0 Å². The minimum Gasteiger partial charge on any atom is -0.480 e. The third-order valence-corrected chi connectivity index (χ3v) is 3.53. The van der Waals surface area contributed by atoms with Gasteiger partial charge in [-0.05, 0) is 18.3 Å². The van der Waals surface area contributed by atoms with E-state index in [-0.39, 0.29) is 11.8 Å². The lowest BCUT2D eigenvalue weighted by atomic mass is 9.99. The monoisotopic (exact) mass is 374 g/mol. The van der Waals surface area contributed by atoms with Crippen molar-refractivity contribution in [2.45, 2.75) is 52.2 Å². The predicted octanol–water partition coefficient (Wildman–Crippen LogP) is -1.82. The van der Waals surface area contributed by atoms with E-state index in [9.17, 15) is 19.2 Å². The van der Waals surface area contributed by atoms with Crippen LogP contribution in [0.15, 0.2) is 0 Å². The van der Waals surface area contributed by atoms with Gasteiger partial charge in [-0.1, -0.05) is 27.7 Å². The van der Waals surface area contributed by atoms with Gasteiger partial charge in [-0.2, -0.15) is 0 Å². The van der Waals surface area contributed by atoms with Crippen molar-refractivity contribution in [2.75, 3.05) is 13.2 Å². The van der Waals surface area contributed by atoms with Gasteiger partial charge in [0.05, 0.1) is 6.61 Å². The van der Waals surface area contributed by atoms with Gasteiger partial charge in [-0.25, -0.2) is 0 Å². The zero-order valence-electron chi connectivity index (χ0n) is 15.6. The molecule has 0 aliphatic rings. The molecule has 0 fully saturated rings. The molecule has 10 nitrogen and oxygen atoms in total. The molecule has 0 heterocycles. The number of carboxylic acids is 1. The number of aliphatic carboxylic acids is 1. The molecule has 0 rings (SSSR count). The summed E-state index contributed by atoms with van der Waals surface area (Å²) in [5, 5.41) is 24.8. The molecule has 0 aliphatic heterocycles. The summed E-state index contributed by atoms with van der Waals surface area (Å²) in [6.07, 6.45) is 0.303. The van der Waals surface area contributed by atoms with Gasteiger partial charge in [0.25, 0.3) is 0 Å². The van der Waals surface area contributed by atoms with E-state index in [0.717, 1.165) is 0 Å². The fourth-order valence-corrected chi connectivity index (χ4v) is 2.13. The predicted molar refractivity (Wildman–Crippen MR) is 93.9 cm³/mol. The van der Waals surface area contributed by atoms with E-state index in [0.29, 0.717) is 6.42 Å². The number of nitrogens with one attached hydrogen (secondary N) is 3. The molecule has 3 amide bonds. The van der Waals surface area contributed by atoms with Crippen molar-refractivity contribution in [3.05, 3.63) is 0 Å². The molecule has 7 N–H and O–H groups in total. The number of aliphatic hydroxyl groups excluding tert-OH is 1. The first kappa shape index (κ1) is 23.8. The molecule has 0 aromatic rings. The van der Waals surface area contributed by atoms with Crippen LogP contribution in [0, 0.1) is 11.8 Å². The van der Waals surface area contributed by atoms with Gasteiger partial charge in [0.15, 0.2) is 0 Å². The quantitative estimate of drug-likeness (QED) is 0.247. The summed E-state index contributed by atoms with van der Waals surface area (Å²) in [5.74, 6) is -3.32. The van der Waals surface area contributed by atoms with E-state index in [2.05, 4.69) is 16.0 Å². The van der Waals surface area contributed by atoms with Crippen molar-refractivity contribution in [1.82, 2.24) is 16.0 Å². The fraction of sp³-hybridized carbons (Fsp3) is 0.750. The second kappa shape index (κ2) is 11.4. The van der Waals surface area contributed by atoms with Crippen molar-refractivity contribution < 1.29 is 29.4 Å². The number of carboxylic acid groups (broad SMARTS) is 1. The summed E-state index contributed by atoms with van der Waals surface area (Å²) < 4.78 is 0. The Labute approximate surface area is 152 Å². The average molecular weight is 374 g/mol. The zero-order chi connectivity index (χ0) is 20.4. The first-order valence-electron chi connectivity index (χ1n) is 8.46. The number of rotatable bonds is 11. The Morgan fingerprint density at radius 1 is 0.962 bits per heavy atom. The van der Waals surface area contributed by atoms with Crippen LogP contribution in [0.2, 0.25) is 0 Å². The Morgan fingerprint density at radius 2 is 1.54 bits per heavy atom. The van der Waals surface area contributed by atoms with Crippen LogP contribution >= 0.6 is 0 Å². The third-order valence-electron chi connectivity index (χ3n) is 3.53. The lowest BCUT2D eigenvalue weighted by Crippen LogP contribution is -2.57. The van der Waals surface area contributed by atoms with Crippen LogP contribution < -0.4 is 21.7 Å². The summed E-state index contributed by atoms with van der Waals surface area (Å²) in [5.41, 5.74) is 5.45. The Hall–Kier alpha value is -2.20. The number of hydrogen-bond acceptors (Lipinski definition) is 6. The number of hydrogen-bond donors (Lipinski definition) is 6. The minimum atomic E-state index is -1.20. The number of amides is 3. The molecule has 0 aromatic heterocycles. The van der Waals surface area contributed by atoms with Gasteiger partial charge in [0.1, 0.15) is 24.7 Å². The second-order valence-corrected chi connectivity index (χ2v) is 6.82. The van der Waals surface area contributed by atoms with Gasteiger partial charge in [-0.3, -0.25) is 19.2 Å². The topological polar surface area (TPSA) is 171 Å². The first-order valence-corrected chi connectivity index (χ1v) is 8.46. The van der Waals surface area contributed by atoms with Gasteiger partial charge in [0.2, 0.25) is 17.7 Å². The molecule has 0 aliphatic carbocycles. The second-order valence-electron chi connectivity index (χ2n) is 6.82. The zero-order valence-corrected chi connectivity index (χ0v) is 15.6. The molecular weight excluding hydrogens is 344 g/mol. The van der Waals surface area contributed by atoms with E-state index in [1.54, 1.807) is 13.8 Å². The van der Waals surface area contributed by atoms with Crippen molar-refractivity contribution in [3.8, 4) is 0 Å². The van der Waals surface area contributed by atoms with E-state index in [4.69, 9.17) is 15.9 Å². The largest absolute Gasteiger partial charge is 0.480 e. The highest BCUT2D eigenvalue weighted by atomic mass is 16.4. The Bertz CT molecular complexity index is 509. The maximum atomic E-state index is 12.6. The summed E-state index contributed by atoms with van der Waals surface area (Å²) in [6, 6.07) is -3.05. The smallest absolute Gasteiger partial charge is 0.322 e. The lowest BCUT2D eigenvalue weighted by Gasteiger charge is -2.26. The Kier molecular flexibility index (Phi) is 10.5. The first-order chi connectivity index (χ1) is 12.0. The van der Waals surface area contributed by atoms with E-state index >= 15 is 0 Å². The van der Waals surface area contributed by atoms with Crippen LogP contribution in [0.1, 0.15) is 34.1 Å². The van der Waals surface area contributed by atoms with Crippen LogP contribution in [-0.2, 0) is 19.2 Å². The molecule has 150 valence electrons. The van der Waals surface area contributed by atoms with Crippen molar-refractivity contribution in [2.24, 2.45) is 17.6 Å². The summed E-state index contributed by atoms with van der Waals surface area (Å²) >= 11 is 0. The maximum absolute atomic E-state index is 12.6. The number of carbonyl (C=O) groups excluding carboxylic acids is 3. The molecule has 3 atom stereocenters. The maximum Gasteiger partial charge on any atom is 0.322 e. The number of nitrogens with two attached hydrogens (primary N) is 1. The lowest BCUT2D eigenvalue weighted by molar-refractivity contribution is -0.139. The molecule has 0 saturated carbocycles. The number of aliphatic hydroxyl groups is 1. The molecule has 0 bridgehead atoms. The molecule has 0 aromatic carbocycles. The van der Waals surface area contributed by atoms with Gasteiger partial charge in [0, 0.05) is 0 Å². The SMILES string of the molecule is CC(C)CC(NC(=O)C(N)CO)C(=O)NC(C(=O)NCC(=O)O)C(C)C. The van der Waals surface area contributed by atoms with Crippen LogP contribution in [-0.4, -0.2) is 65.2 Å². The highest BCUT2D eigenvalue weighted by molar-refractivity contribution is 5.93. The summed E-state index contributed by atoms with van der Waals surface area (Å²) in [4.78, 5) is 47.1. The fourth-order valence-electron chi connectivity index (χ4n) is 2.13. The van der Waals surface area contributed by atoms with Crippen LogP contribution in [0.3, 0.4) is 0 Å². The molecule has 0 radical (unpaired) electrons. The van der Waals surface area contributed by atoms with Gasteiger partial charge < -0.3 is 31.9 Å². The molecule has 0 saturated heterocycles.